The predicted molar refractivity (Wildman–Crippen MR) is 127 cm³/mol. The van der Waals surface area contributed by atoms with Gasteiger partial charge in [-0.05, 0) is 56.7 Å². The largest absolute Gasteiger partial charge is 0.494 e. The molecule has 0 saturated heterocycles. The number of carbonyl (C=O) groups is 1. The summed E-state index contributed by atoms with van der Waals surface area (Å²) in [6.45, 7) is 7.29. The number of benzene rings is 2. The molecule has 0 atom stereocenters. The first kappa shape index (κ1) is 20.6. The van der Waals surface area contributed by atoms with E-state index in [1.54, 1.807) is 0 Å². The highest BCUT2D eigenvalue weighted by Gasteiger charge is 2.21. The van der Waals surface area contributed by atoms with Crippen LogP contribution in [-0.4, -0.2) is 22.1 Å². The molecular weight excluding hydrogens is 462 g/mol. The van der Waals surface area contributed by atoms with Crippen LogP contribution in [-0.2, 0) is 6.54 Å². The Morgan fingerprint density at radius 2 is 1.97 bits per heavy atom. The van der Waals surface area contributed by atoms with Crippen molar-refractivity contribution in [3.63, 3.8) is 0 Å². The molecule has 0 aliphatic rings. The average Bonchev–Trinajstić information content (AvgIpc) is 3.31. The number of nitrogens with one attached hydrogen (secondary N) is 1. The Morgan fingerprint density at radius 1 is 1.20 bits per heavy atom. The van der Waals surface area contributed by atoms with Gasteiger partial charge in [-0.3, -0.25) is 10.1 Å². The maximum atomic E-state index is 13.2. The third-order valence-electron chi connectivity index (χ3n) is 4.99. The fraction of sp³-hybridized carbons (Fsp3) is 0.217. The number of nitrogens with zero attached hydrogens (tertiary/aromatic N) is 2. The third-order valence-corrected chi connectivity index (χ3v) is 6.28. The summed E-state index contributed by atoms with van der Waals surface area (Å²) in [5.74, 6) is 0.660. The van der Waals surface area contributed by atoms with Crippen molar-refractivity contribution in [2.45, 2.75) is 27.3 Å². The number of fused-ring (bicyclic) bond motifs is 1. The molecule has 0 bridgehead atoms. The molecule has 30 heavy (non-hydrogen) atoms. The Kier molecular flexibility index (Phi) is 5.92. The highest BCUT2D eigenvalue weighted by atomic mass is 79.9. The molecule has 2 aromatic heterocycles. The molecule has 0 aliphatic carbocycles. The van der Waals surface area contributed by atoms with Crippen LogP contribution in [0.25, 0.3) is 22.2 Å². The van der Waals surface area contributed by atoms with E-state index in [1.807, 2.05) is 73.2 Å². The number of aryl methyl sites for hydroxylation is 2. The molecule has 0 unspecified atom stereocenters. The first-order valence-corrected chi connectivity index (χ1v) is 11.5. The summed E-state index contributed by atoms with van der Waals surface area (Å²) in [4.78, 5) is 17.8. The van der Waals surface area contributed by atoms with E-state index in [0.717, 1.165) is 37.9 Å². The summed E-state index contributed by atoms with van der Waals surface area (Å²) in [6, 6.07) is 13.9. The molecule has 154 valence electrons. The minimum Gasteiger partial charge on any atom is -0.494 e. The predicted octanol–water partition coefficient (Wildman–Crippen LogP) is 6.51. The molecule has 5 nitrogen and oxygen atoms in total. The quantitative estimate of drug-likeness (QED) is 0.340. The number of hydrogen-bond acceptors (Lipinski definition) is 4. The van der Waals surface area contributed by atoms with Crippen molar-refractivity contribution in [2.24, 2.45) is 0 Å². The third kappa shape index (κ3) is 3.87. The molecule has 4 aromatic rings. The van der Waals surface area contributed by atoms with Crippen LogP contribution in [0.2, 0.25) is 0 Å². The summed E-state index contributed by atoms with van der Waals surface area (Å²) >= 11 is 4.87. The second-order valence-corrected chi connectivity index (χ2v) is 8.60. The van der Waals surface area contributed by atoms with Crippen LogP contribution in [0.15, 0.2) is 52.3 Å². The fourth-order valence-corrected chi connectivity index (χ4v) is 4.60. The summed E-state index contributed by atoms with van der Waals surface area (Å²) < 4.78 is 8.70. The van der Waals surface area contributed by atoms with Gasteiger partial charge in [0.2, 0.25) is 0 Å². The normalized spacial score (nSPS) is 11.1. The van der Waals surface area contributed by atoms with E-state index < -0.39 is 0 Å². The topological polar surface area (TPSA) is 56.1 Å². The molecule has 2 heterocycles. The van der Waals surface area contributed by atoms with E-state index in [2.05, 4.69) is 26.2 Å². The monoisotopic (exact) mass is 483 g/mol. The number of halogens is 1. The maximum absolute atomic E-state index is 13.2. The van der Waals surface area contributed by atoms with Crippen LogP contribution >= 0.6 is 27.3 Å². The lowest BCUT2D eigenvalue weighted by Gasteiger charge is -2.08. The Balaban J connectivity index is 1.65. The SMILES string of the molecule is CCOc1ccc2c(c1)c(C)c(C(=O)Nc1nc(-c3ccc(Br)cc3)cs1)n2CC. The van der Waals surface area contributed by atoms with Gasteiger partial charge >= 0.3 is 0 Å². The van der Waals surface area contributed by atoms with E-state index in [4.69, 9.17) is 4.74 Å². The smallest absolute Gasteiger partial charge is 0.274 e. The van der Waals surface area contributed by atoms with Gasteiger partial charge in [-0.2, -0.15) is 0 Å². The minimum atomic E-state index is -0.153. The maximum Gasteiger partial charge on any atom is 0.274 e. The average molecular weight is 484 g/mol. The molecule has 7 heteroatoms. The standard InChI is InChI=1S/C23H22BrN3O2S/c1-4-27-20-11-10-17(29-5-2)12-18(20)14(3)21(27)22(28)26-23-25-19(13-30-23)15-6-8-16(24)9-7-15/h6-13H,4-5H2,1-3H3,(H,25,26,28). The van der Waals surface area contributed by atoms with Gasteiger partial charge in [0.05, 0.1) is 12.3 Å². The van der Waals surface area contributed by atoms with Crippen molar-refractivity contribution in [1.82, 2.24) is 9.55 Å². The number of hydrogen-bond donors (Lipinski definition) is 1. The zero-order valence-electron chi connectivity index (χ0n) is 17.0. The van der Waals surface area contributed by atoms with E-state index in [0.29, 0.717) is 24.0 Å². The summed E-state index contributed by atoms with van der Waals surface area (Å²) in [6.07, 6.45) is 0. The second kappa shape index (κ2) is 8.62. The van der Waals surface area contributed by atoms with Gasteiger partial charge in [0, 0.05) is 32.9 Å². The first-order valence-electron chi connectivity index (χ1n) is 9.80. The summed E-state index contributed by atoms with van der Waals surface area (Å²) in [5, 5.41) is 6.55. The van der Waals surface area contributed by atoms with Gasteiger partial charge in [0.1, 0.15) is 11.4 Å². The Labute approximate surface area is 187 Å². The molecule has 2 aromatic carbocycles. The molecule has 0 spiro atoms. The van der Waals surface area contributed by atoms with E-state index in [-0.39, 0.29) is 5.91 Å². The number of rotatable bonds is 6. The zero-order chi connectivity index (χ0) is 21.3. The Hall–Kier alpha value is -2.64. The summed E-state index contributed by atoms with van der Waals surface area (Å²) in [5.41, 5.74) is 4.48. The highest BCUT2D eigenvalue weighted by Crippen LogP contribution is 2.31. The van der Waals surface area contributed by atoms with Crippen molar-refractivity contribution in [3.8, 4) is 17.0 Å². The van der Waals surface area contributed by atoms with E-state index >= 15 is 0 Å². The van der Waals surface area contributed by atoms with Gasteiger partial charge < -0.3 is 9.30 Å². The van der Waals surface area contributed by atoms with Gasteiger partial charge in [-0.1, -0.05) is 28.1 Å². The second-order valence-electron chi connectivity index (χ2n) is 6.83. The van der Waals surface area contributed by atoms with Gasteiger partial charge in [0.15, 0.2) is 5.13 Å². The van der Waals surface area contributed by atoms with Crippen molar-refractivity contribution in [3.05, 3.63) is 63.6 Å². The highest BCUT2D eigenvalue weighted by molar-refractivity contribution is 9.10. The van der Waals surface area contributed by atoms with Crippen molar-refractivity contribution < 1.29 is 9.53 Å². The minimum absolute atomic E-state index is 0.153. The van der Waals surface area contributed by atoms with Crippen LogP contribution in [0.3, 0.4) is 0 Å². The van der Waals surface area contributed by atoms with Crippen LogP contribution < -0.4 is 10.1 Å². The molecule has 0 aliphatic heterocycles. The van der Waals surface area contributed by atoms with Crippen LogP contribution in [0, 0.1) is 6.92 Å². The zero-order valence-corrected chi connectivity index (χ0v) is 19.4. The lowest BCUT2D eigenvalue weighted by Crippen LogP contribution is -2.17. The van der Waals surface area contributed by atoms with Crippen LogP contribution in [0.1, 0.15) is 29.9 Å². The van der Waals surface area contributed by atoms with Crippen molar-refractivity contribution >= 4 is 49.2 Å². The van der Waals surface area contributed by atoms with Crippen LogP contribution in [0.4, 0.5) is 5.13 Å². The molecule has 1 amide bonds. The lowest BCUT2D eigenvalue weighted by atomic mass is 10.1. The van der Waals surface area contributed by atoms with Gasteiger partial charge in [-0.25, -0.2) is 4.98 Å². The molecule has 1 N–H and O–H groups in total. The lowest BCUT2D eigenvalue weighted by molar-refractivity contribution is 0.101. The number of thiazole rings is 1. The number of ether oxygens (including phenoxy) is 1. The van der Waals surface area contributed by atoms with Crippen LogP contribution in [0.5, 0.6) is 5.75 Å². The summed E-state index contributed by atoms with van der Waals surface area (Å²) in [7, 11) is 0. The van der Waals surface area contributed by atoms with Gasteiger partial charge in [0.25, 0.3) is 5.91 Å². The number of carbonyl (C=O) groups excluding carboxylic acids is 1. The van der Waals surface area contributed by atoms with Crippen molar-refractivity contribution in [2.75, 3.05) is 11.9 Å². The van der Waals surface area contributed by atoms with Gasteiger partial charge in [-0.15, -0.1) is 11.3 Å². The first-order chi connectivity index (χ1) is 14.5. The molecule has 0 fully saturated rings. The van der Waals surface area contributed by atoms with Crippen molar-refractivity contribution in [1.29, 1.82) is 0 Å². The molecule has 0 saturated carbocycles. The molecular formula is C23H22BrN3O2S. The Bertz CT molecular complexity index is 1210. The van der Waals surface area contributed by atoms with E-state index in [1.165, 1.54) is 11.3 Å². The fourth-order valence-electron chi connectivity index (χ4n) is 3.62. The number of aromatic nitrogens is 2. The molecule has 4 rings (SSSR count). The number of anilines is 1. The van der Waals surface area contributed by atoms with E-state index in [9.17, 15) is 4.79 Å². The number of amides is 1. The molecule has 0 radical (unpaired) electrons. The Morgan fingerprint density at radius 3 is 2.67 bits per heavy atom.